The number of ether oxygens (including phenoxy) is 1. The Morgan fingerprint density at radius 1 is 0.971 bits per heavy atom. The Kier molecular flexibility index (Phi) is 7.54. The van der Waals surface area contributed by atoms with Gasteiger partial charge >= 0.3 is 0 Å². The number of nitrogens with zero attached hydrogens (tertiary/aromatic N) is 2. The molecule has 0 unspecified atom stereocenters. The maximum absolute atomic E-state index is 12.8. The van der Waals surface area contributed by atoms with Gasteiger partial charge in [-0.25, -0.2) is 18.1 Å². The highest BCUT2D eigenvalue weighted by atomic mass is 32.2. The minimum absolute atomic E-state index is 0.0580. The predicted molar refractivity (Wildman–Crippen MR) is 132 cm³/mol. The lowest BCUT2D eigenvalue weighted by molar-refractivity contribution is 0.101. The molecule has 2 aromatic carbocycles. The number of benzene rings is 2. The fourth-order valence-corrected chi connectivity index (χ4v) is 4.64. The molecule has 1 amide bonds. The van der Waals surface area contributed by atoms with Crippen LogP contribution in [0, 0.1) is 0 Å². The summed E-state index contributed by atoms with van der Waals surface area (Å²) in [5.74, 6) is 0.281. The van der Waals surface area contributed by atoms with Gasteiger partial charge in [-0.15, -0.1) is 0 Å². The van der Waals surface area contributed by atoms with Crippen LogP contribution in [0.3, 0.4) is 0 Å². The number of ketones is 1. The molecule has 2 heterocycles. The Hall–Kier alpha value is -3.60. The molecule has 3 aromatic rings. The molecule has 0 bridgehead atoms. The lowest BCUT2D eigenvalue weighted by Gasteiger charge is -2.29. The summed E-state index contributed by atoms with van der Waals surface area (Å²) >= 11 is 0. The first-order chi connectivity index (χ1) is 16.8. The Bertz CT molecular complexity index is 1300. The highest BCUT2D eigenvalue weighted by molar-refractivity contribution is 7.89. The average molecular weight is 495 g/mol. The van der Waals surface area contributed by atoms with Crippen molar-refractivity contribution in [1.29, 1.82) is 0 Å². The number of amides is 1. The van der Waals surface area contributed by atoms with E-state index in [0.29, 0.717) is 54.5 Å². The summed E-state index contributed by atoms with van der Waals surface area (Å²) in [4.78, 5) is 30.8. The van der Waals surface area contributed by atoms with Gasteiger partial charge in [-0.1, -0.05) is 24.3 Å². The number of aromatic nitrogens is 1. The summed E-state index contributed by atoms with van der Waals surface area (Å²) in [6.45, 7) is 4.10. The second-order valence-corrected chi connectivity index (χ2v) is 9.80. The van der Waals surface area contributed by atoms with Crippen LogP contribution in [0.25, 0.3) is 0 Å². The van der Waals surface area contributed by atoms with Gasteiger partial charge in [0.2, 0.25) is 10.0 Å². The Morgan fingerprint density at radius 2 is 1.63 bits per heavy atom. The maximum Gasteiger partial charge on any atom is 0.255 e. The van der Waals surface area contributed by atoms with Gasteiger partial charge in [0.25, 0.3) is 5.91 Å². The Labute approximate surface area is 204 Å². The lowest BCUT2D eigenvalue weighted by atomic mass is 10.1. The van der Waals surface area contributed by atoms with Gasteiger partial charge in [0.05, 0.1) is 23.8 Å². The van der Waals surface area contributed by atoms with Crippen LogP contribution in [0.15, 0.2) is 71.8 Å². The van der Waals surface area contributed by atoms with Crippen molar-refractivity contribution in [3.05, 3.63) is 83.6 Å². The summed E-state index contributed by atoms with van der Waals surface area (Å²) < 4.78 is 33.0. The Morgan fingerprint density at radius 3 is 2.29 bits per heavy atom. The van der Waals surface area contributed by atoms with E-state index in [-0.39, 0.29) is 23.1 Å². The van der Waals surface area contributed by atoms with Crippen LogP contribution in [-0.4, -0.2) is 51.4 Å². The number of carbonyl (C=O) groups is 2. The summed E-state index contributed by atoms with van der Waals surface area (Å²) in [5, 5.41) is 2.91. The first-order valence-electron chi connectivity index (χ1n) is 11.1. The molecule has 0 atom stereocenters. The van der Waals surface area contributed by atoms with Crippen molar-refractivity contribution >= 4 is 33.2 Å². The van der Waals surface area contributed by atoms with Crippen LogP contribution in [0.5, 0.6) is 0 Å². The molecule has 0 saturated carbocycles. The van der Waals surface area contributed by atoms with E-state index in [0.717, 1.165) is 0 Å². The fraction of sp³-hybridized carbons (Fsp3) is 0.240. The molecule has 2 N–H and O–H groups in total. The van der Waals surface area contributed by atoms with Crippen molar-refractivity contribution in [2.45, 2.75) is 18.4 Å². The van der Waals surface area contributed by atoms with Gasteiger partial charge in [0.1, 0.15) is 0 Å². The zero-order valence-electron chi connectivity index (χ0n) is 19.2. The van der Waals surface area contributed by atoms with Gasteiger partial charge in [-0.3, -0.25) is 9.59 Å². The smallest absolute Gasteiger partial charge is 0.255 e. The van der Waals surface area contributed by atoms with E-state index in [4.69, 9.17) is 4.74 Å². The summed E-state index contributed by atoms with van der Waals surface area (Å²) in [6, 6.07) is 16.0. The summed E-state index contributed by atoms with van der Waals surface area (Å²) in [5.41, 5.74) is 2.20. The van der Waals surface area contributed by atoms with E-state index in [1.165, 1.54) is 31.2 Å². The number of Topliss-reactive ketones (excluding diaryl/α,β-unsaturated/α-hetero) is 1. The minimum Gasteiger partial charge on any atom is -0.378 e. The van der Waals surface area contributed by atoms with E-state index >= 15 is 0 Å². The number of anilines is 2. The first kappa shape index (κ1) is 24.5. The lowest BCUT2D eigenvalue weighted by Crippen LogP contribution is -2.37. The van der Waals surface area contributed by atoms with Gasteiger partial charge < -0.3 is 15.0 Å². The van der Waals surface area contributed by atoms with Crippen molar-refractivity contribution in [3.8, 4) is 0 Å². The Balaban J connectivity index is 1.38. The van der Waals surface area contributed by atoms with Crippen molar-refractivity contribution in [2.75, 3.05) is 36.5 Å². The number of pyridine rings is 1. The largest absolute Gasteiger partial charge is 0.378 e. The summed E-state index contributed by atoms with van der Waals surface area (Å²) in [6.07, 6.45) is 1.69. The van der Waals surface area contributed by atoms with Crippen LogP contribution in [-0.2, 0) is 21.3 Å². The number of nitrogens with one attached hydrogen (secondary N) is 2. The minimum atomic E-state index is -3.74. The molecule has 182 valence electrons. The van der Waals surface area contributed by atoms with Gasteiger partial charge in [-0.2, -0.15) is 0 Å². The van der Waals surface area contributed by atoms with Crippen molar-refractivity contribution in [3.63, 3.8) is 0 Å². The standard InChI is InChI=1S/C25H26N4O5S/c1-18(30)20-8-10-22(11-9-20)35(32,33)27-17-19-4-6-21(7-5-19)25(31)28-23-3-2-12-26-24(23)29-13-15-34-16-14-29/h2-12,27H,13-17H2,1H3,(H,28,31). The average Bonchev–Trinajstić information content (AvgIpc) is 2.88. The zero-order valence-corrected chi connectivity index (χ0v) is 20.0. The van der Waals surface area contributed by atoms with Crippen LogP contribution >= 0.6 is 0 Å². The number of sulfonamides is 1. The number of hydrogen-bond acceptors (Lipinski definition) is 7. The molecule has 4 rings (SSSR count). The monoisotopic (exact) mass is 494 g/mol. The van der Waals surface area contributed by atoms with Gasteiger partial charge in [-0.05, 0) is 48.9 Å². The predicted octanol–water partition coefficient (Wildman–Crippen LogP) is 2.85. The molecule has 10 heteroatoms. The van der Waals surface area contributed by atoms with E-state index < -0.39 is 10.0 Å². The molecular formula is C25H26N4O5S. The zero-order chi connectivity index (χ0) is 24.8. The normalized spacial score (nSPS) is 13.9. The van der Waals surface area contributed by atoms with Crippen LogP contribution < -0.4 is 14.9 Å². The third-order valence-electron chi connectivity index (χ3n) is 5.60. The van der Waals surface area contributed by atoms with Gasteiger partial charge in [0, 0.05) is 37.0 Å². The van der Waals surface area contributed by atoms with E-state index in [1.54, 1.807) is 36.5 Å². The fourth-order valence-electron chi connectivity index (χ4n) is 3.62. The van der Waals surface area contributed by atoms with Crippen molar-refractivity contribution in [2.24, 2.45) is 0 Å². The second-order valence-electron chi connectivity index (χ2n) is 8.03. The number of carbonyl (C=O) groups excluding carboxylic acids is 2. The molecule has 0 aliphatic carbocycles. The van der Waals surface area contributed by atoms with Crippen molar-refractivity contribution < 1.29 is 22.7 Å². The molecule has 1 saturated heterocycles. The third kappa shape index (κ3) is 6.10. The number of hydrogen-bond donors (Lipinski definition) is 2. The van der Waals surface area contributed by atoms with Crippen LogP contribution in [0.1, 0.15) is 33.2 Å². The number of morpholine rings is 1. The molecule has 9 nitrogen and oxygen atoms in total. The molecule has 35 heavy (non-hydrogen) atoms. The molecular weight excluding hydrogens is 468 g/mol. The number of rotatable bonds is 8. The topological polar surface area (TPSA) is 118 Å². The maximum atomic E-state index is 12.8. The molecule has 0 radical (unpaired) electrons. The molecule has 1 aliphatic heterocycles. The quantitative estimate of drug-likeness (QED) is 0.463. The van der Waals surface area contributed by atoms with E-state index in [9.17, 15) is 18.0 Å². The van der Waals surface area contributed by atoms with Gasteiger partial charge in [0.15, 0.2) is 11.6 Å². The molecule has 0 spiro atoms. The first-order valence-corrected chi connectivity index (χ1v) is 12.6. The highest BCUT2D eigenvalue weighted by Gasteiger charge is 2.18. The van der Waals surface area contributed by atoms with E-state index in [1.807, 2.05) is 6.07 Å². The van der Waals surface area contributed by atoms with Crippen molar-refractivity contribution in [1.82, 2.24) is 9.71 Å². The summed E-state index contributed by atoms with van der Waals surface area (Å²) in [7, 11) is -3.74. The second kappa shape index (κ2) is 10.8. The molecule has 1 fully saturated rings. The molecule has 1 aliphatic rings. The van der Waals surface area contributed by atoms with Crippen LogP contribution in [0.4, 0.5) is 11.5 Å². The molecule has 1 aromatic heterocycles. The SMILES string of the molecule is CC(=O)c1ccc(S(=O)(=O)NCc2ccc(C(=O)Nc3cccnc3N3CCOCC3)cc2)cc1. The highest BCUT2D eigenvalue weighted by Crippen LogP contribution is 2.24. The third-order valence-corrected chi connectivity index (χ3v) is 7.02. The van der Waals surface area contributed by atoms with E-state index in [2.05, 4.69) is 19.9 Å². The van der Waals surface area contributed by atoms with Crippen LogP contribution in [0.2, 0.25) is 0 Å².